The third-order valence-corrected chi connectivity index (χ3v) is 3.05. The summed E-state index contributed by atoms with van der Waals surface area (Å²) < 4.78 is 1.55. The smallest absolute Gasteiger partial charge is 0.244 e. The molecule has 0 aliphatic carbocycles. The summed E-state index contributed by atoms with van der Waals surface area (Å²) in [4.78, 5) is 13.8. The van der Waals surface area contributed by atoms with Crippen LogP contribution in [0.1, 0.15) is 11.1 Å². The molecule has 0 unspecified atom stereocenters. The van der Waals surface area contributed by atoms with Crippen LogP contribution in [-0.2, 0) is 17.9 Å². The Morgan fingerprint density at radius 3 is 2.74 bits per heavy atom. The van der Waals surface area contributed by atoms with Crippen molar-refractivity contribution in [2.24, 2.45) is 0 Å². The van der Waals surface area contributed by atoms with E-state index in [0.717, 1.165) is 5.56 Å². The standard InChI is InChI=1S/C14H18N4O/c1-11-5-3-4-6-12(11)9-17(2)14(19)10-18-8-7-13(15)16-18/h3-8H,9-10H2,1-2H3,(H2,15,16). The van der Waals surface area contributed by atoms with Gasteiger partial charge in [-0.2, -0.15) is 5.10 Å². The van der Waals surface area contributed by atoms with Gasteiger partial charge in [-0.3, -0.25) is 9.48 Å². The maximum atomic E-state index is 12.1. The number of likely N-dealkylation sites (N-methyl/N-ethyl adjacent to an activating group) is 1. The fraction of sp³-hybridized carbons (Fsp3) is 0.286. The molecular formula is C14H18N4O. The number of amides is 1. The highest BCUT2D eigenvalue weighted by atomic mass is 16.2. The molecule has 2 N–H and O–H groups in total. The van der Waals surface area contributed by atoms with Crippen molar-refractivity contribution in [1.82, 2.24) is 14.7 Å². The number of nitrogen functional groups attached to an aromatic ring is 1. The number of hydrogen-bond acceptors (Lipinski definition) is 3. The highest BCUT2D eigenvalue weighted by molar-refractivity contribution is 5.75. The van der Waals surface area contributed by atoms with E-state index in [1.165, 1.54) is 5.56 Å². The molecule has 1 amide bonds. The van der Waals surface area contributed by atoms with E-state index in [0.29, 0.717) is 12.4 Å². The molecule has 5 nitrogen and oxygen atoms in total. The molecule has 100 valence electrons. The van der Waals surface area contributed by atoms with Crippen molar-refractivity contribution in [3.63, 3.8) is 0 Å². The monoisotopic (exact) mass is 258 g/mol. The van der Waals surface area contributed by atoms with Crippen molar-refractivity contribution in [2.75, 3.05) is 12.8 Å². The quantitative estimate of drug-likeness (QED) is 0.902. The number of anilines is 1. The minimum Gasteiger partial charge on any atom is -0.382 e. The second-order valence-electron chi connectivity index (χ2n) is 4.61. The van der Waals surface area contributed by atoms with Gasteiger partial charge in [0.1, 0.15) is 12.4 Å². The van der Waals surface area contributed by atoms with Crippen molar-refractivity contribution in [3.8, 4) is 0 Å². The van der Waals surface area contributed by atoms with Crippen molar-refractivity contribution in [2.45, 2.75) is 20.0 Å². The second-order valence-corrected chi connectivity index (χ2v) is 4.61. The van der Waals surface area contributed by atoms with Gasteiger partial charge in [0.2, 0.25) is 5.91 Å². The number of benzene rings is 1. The van der Waals surface area contributed by atoms with Gasteiger partial charge in [-0.25, -0.2) is 0 Å². The van der Waals surface area contributed by atoms with Gasteiger partial charge in [-0.05, 0) is 24.1 Å². The number of rotatable bonds is 4. The zero-order valence-electron chi connectivity index (χ0n) is 11.2. The summed E-state index contributed by atoms with van der Waals surface area (Å²) in [5, 5.41) is 4.00. The summed E-state index contributed by atoms with van der Waals surface area (Å²) in [7, 11) is 1.79. The Morgan fingerprint density at radius 1 is 1.37 bits per heavy atom. The molecule has 0 radical (unpaired) electrons. The minimum atomic E-state index is 0.00588. The first kappa shape index (κ1) is 13.1. The lowest BCUT2D eigenvalue weighted by Gasteiger charge is -2.18. The number of carbonyl (C=O) groups excluding carboxylic acids is 1. The van der Waals surface area contributed by atoms with Crippen LogP contribution in [0.25, 0.3) is 0 Å². The predicted molar refractivity (Wildman–Crippen MR) is 74.3 cm³/mol. The predicted octanol–water partition coefficient (Wildman–Crippen LogP) is 1.43. The lowest BCUT2D eigenvalue weighted by Crippen LogP contribution is -2.30. The van der Waals surface area contributed by atoms with Gasteiger partial charge < -0.3 is 10.6 Å². The molecule has 0 aliphatic rings. The average molecular weight is 258 g/mol. The first-order valence-corrected chi connectivity index (χ1v) is 6.13. The summed E-state index contributed by atoms with van der Waals surface area (Å²) in [5.41, 5.74) is 7.85. The third-order valence-electron chi connectivity index (χ3n) is 3.05. The molecule has 0 fully saturated rings. The van der Waals surface area contributed by atoms with Gasteiger partial charge in [0, 0.05) is 19.8 Å². The van der Waals surface area contributed by atoms with Crippen LogP contribution in [0.3, 0.4) is 0 Å². The van der Waals surface area contributed by atoms with Gasteiger partial charge in [-0.15, -0.1) is 0 Å². The molecule has 19 heavy (non-hydrogen) atoms. The molecule has 0 bridgehead atoms. The second kappa shape index (κ2) is 5.56. The summed E-state index contributed by atoms with van der Waals surface area (Å²) >= 11 is 0. The van der Waals surface area contributed by atoms with Crippen molar-refractivity contribution in [1.29, 1.82) is 0 Å². The molecule has 5 heteroatoms. The Kier molecular flexibility index (Phi) is 3.85. The number of carbonyl (C=O) groups is 1. The van der Waals surface area contributed by atoms with Gasteiger partial charge in [0.25, 0.3) is 0 Å². The summed E-state index contributed by atoms with van der Waals surface area (Å²) in [5.74, 6) is 0.431. The first-order valence-electron chi connectivity index (χ1n) is 6.13. The molecule has 1 heterocycles. The Balaban J connectivity index is 1.98. The topological polar surface area (TPSA) is 64.2 Å². The van der Waals surface area contributed by atoms with E-state index in [1.54, 1.807) is 28.9 Å². The van der Waals surface area contributed by atoms with E-state index in [4.69, 9.17) is 5.73 Å². The average Bonchev–Trinajstić information content (AvgIpc) is 2.77. The zero-order chi connectivity index (χ0) is 13.8. The molecule has 2 rings (SSSR count). The van der Waals surface area contributed by atoms with E-state index in [9.17, 15) is 4.79 Å². The number of hydrogen-bond donors (Lipinski definition) is 1. The summed E-state index contributed by atoms with van der Waals surface area (Å²) in [6.07, 6.45) is 1.70. The molecule has 0 spiro atoms. The Morgan fingerprint density at radius 2 is 2.11 bits per heavy atom. The van der Waals surface area contributed by atoms with Crippen molar-refractivity contribution >= 4 is 11.7 Å². The van der Waals surface area contributed by atoms with Crippen LogP contribution in [0.2, 0.25) is 0 Å². The lowest BCUT2D eigenvalue weighted by atomic mass is 10.1. The molecule has 0 aliphatic heterocycles. The lowest BCUT2D eigenvalue weighted by molar-refractivity contribution is -0.131. The fourth-order valence-corrected chi connectivity index (χ4v) is 1.86. The fourth-order valence-electron chi connectivity index (χ4n) is 1.86. The van der Waals surface area contributed by atoms with Crippen molar-refractivity contribution in [3.05, 3.63) is 47.7 Å². The molecule has 0 saturated carbocycles. The number of aryl methyl sites for hydroxylation is 1. The third kappa shape index (κ3) is 3.34. The molecule has 1 aromatic carbocycles. The highest BCUT2D eigenvalue weighted by Gasteiger charge is 2.11. The van der Waals surface area contributed by atoms with Crippen LogP contribution in [0.4, 0.5) is 5.82 Å². The number of nitrogens with zero attached hydrogens (tertiary/aromatic N) is 3. The molecule has 0 atom stereocenters. The SMILES string of the molecule is Cc1ccccc1CN(C)C(=O)Cn1ccc(N)n1. The van der Waals surface area contributed by atoms with Crippen LogP contribution < -0.4 is 5.73 Å². The van der Waals surface area contributed by atoms with Crippen LogP contribution in [0, 0.1) is 6.92 Å². The van der Waals surface area contributed by atoms with E-state index >= 15 is 0 Å². The minimum absolute atomic E-state index is 0.00588. The van der Waals surface area contributed by atoms with Gasteiger partial charge in [0.05, 0.1) is 0 Å². The largest absolute Gasteiger partial charge is 0.382 e. The van der Waals surface area contributed by atoms with Crippen LogP contribution in [0.5, 0.6) is 0 Å². The van der Waals surface area contributed by atoms with Crippen LogP contribution in [0.15, 0.2) is 36.5 Å². The first-order chi connectivity index (χ1) is 9.06. The maximum absolute atomic E-state index is 12.1. The maximum Gasteiger partial charge on any atom is 0.244 e. The number of nitrogens with two attached hydrogens (primary N) is 1. The normalized spacial score (nSPS) is 10.4. The highest BCUT2D eigenvalue weighted by Crippen LogP contribution is 2.10. The Bertz CT molecular complexity index is 576. The number of aromatic nitrogens is 2. The van der Waals surface area contributed by atoms with E-state index in [2.05, 4.69) is 5.10 Å². The van der Waals surface area contributed by atoms with Crippen LogP contribution >= 0.6 is 0 Å². The van der Waals surface area contributed by atoms with Gasteiger partial charge >= 0.3 is 0 Å². The molecule has 0 saturated heterocycles. The molecule has 1 aromatic heterocycles. The van der Waals surface area contributed by atoms with Gasteiger partial charge in [0.15, 0.2) is 0 Å². The van der Waals surface area contributed by atoms with E-state index in [-0.39, 0.29) is 12.5 Å². The molecule has 2 aromatic rings. The Labute approximate surface area is 112 Å². The molecular weight excluding hydrogens is 240 g/mol. The van der Waals surface area contributed by atoms with E-state index < -0.39 is 0 Å². The summed E-state index contributed by atoms with van der Waals surface area (Å²) in [6, 6.07) is 9.73. The zero-order valence-corrected chi connectivity index (χ0v) is 11.2. The Hall–Kier alpha value is -2.30. The van der Waals surface area contributed by atoms with Gasteiger partial charge in [-0.1, -0.05) is 24.3 Å². The van der Waals surface area contributed by atoms with Crippen LogP contribution in [-0.4, -0.2) is 27.6 Å². The van der Waals surface area contributed by atoms with E-state index in [1.807, 2.05) is 31.2 Å². The van der Waals surface area contributed by atoms with Crippen molar-refractivity contribution < 1.29 is 4.79 Å². The summed E-state index contributed by atoms with van der Waals surface area (Å²) in [6.45, 7) is 2.85.